The van der Waals surface area contributed by atoms with Crippen molar-refractivity contribution < 1.29 is 13.2 Å². The molecule has 6 nitrogen and oxygen atoms in total. The molecule has 1 aliphatic rings. The monoisotopic (exact) mass is 473 g/mol. The number of hydrogen-bond donors (Lipinski definition) is 2. The number of carbonyl (C=O) groups is 1. The van der Waals surface area contributed by atoms with Gasteiger partial charge >= 0.3 is 0 Å². The Balaban J connectivity index is 1.59. The van der Waals surface area contributed by atoms with Gasteiger partial charge in [-0.05, 0) is 61.4 Å². The van der Waals surface area contributed by atoms with Gasteiger partial charge in [0.05, 0.1) is 4.90 Å². The molecule has 3 aromatic rings. The van der Waals surface area contributed by atoms with Gasteiger partial charge in [-0.1, -0.05) is 42.8 Å². The molecule has 2 aromatic carbocycles. The van der Waals surface area contributed by atoms with E-state index in [-0.39, 0.29) is 10.8 Å². The van der Waals surface area contributed by atoms with Crippen LogP contribution in [0.15, 0.2) is 59.6 Å². The topological polar surface area (TPSA) is 82.3 Å². The van der Waals surface area contributed by atoms with Crippen LogP contribution in [0.5, 0.6) is 0 Å². The first-order chi connectivity index (χ1) is 15.3. The zero-order chi connectivity index (χ0) is 22.7. The van der Waals surface area contributed by atoms with Crippen molar-refractivity contribution in [3.8, 4) is 0 Å². The molecule has 1 unspecified atom stereocenters. The zero-order valence-corrected chi connectivity index (χ0v) is 19.6. The van der Waals surface area contributed by atoms with Crippen LogP contribution >= 0.6 is 11.6 Å². The van der Waals surface area contributed by atoms with Crippen LogP contribution in [-0.4, -0.2) is 43.3 Å². The van der Waals surface area contributed by atoms with Crippen LogP contribution in [-0.2, 0) is 21.2 Å². The molecule has 170 valence electrons. The molecule has 2 N–H and O–H groups in total. The lowest BCUT2D eigenvalue weighted by molar-refractivity contribution is -0.134. The lowest BCUT2D eigenvalue weighted by Crippen LogP contribution is -2.50. The van der Waals surface area contributed by atoms with Gasteiger partial charge in [0.1, 0.15) is 6.04 Å². The lowest BCUT2D eigenvalue weighted by atomic mass is 9.98. The number of carbonyl (C=O) groups excluding carboxylic acids is 1. The standard InChI is InChI=1S/C24H28ClN3O3S/c1-17-12-15-28(16-13-17)24(29)22(10-9-18-5-2-3-6-20(18)25)27-32(30,31)23-8-4-7-21-19(23)11-14-26-21/h2-8,11,14,17,22,26-27H,9-10,12-13,15-16H2,1H3. The van der Waals surface area contributed by atoms with Gasteiger partial charge in [0, 0.05) is 35.2 Å². The average Bonchev–Trinajstić information content (AvgIpc) is 3.26. The molecule has 1 amide bonds. The molecule has 1 aromatic heterocycles. The number of aromatic amines is 1. The van der Waals surface area contributed by atoms with E-state index in [1.54, 1.807) is 35.4 Å². The van der Waals surface area contributed by atoms with Gasteiger partial charge in [0.25, 0.3) is 0 Å². The molecule has 2 heterocycles. The van der Waals surface area contributed by atoms with Crippen molar-refractivity contribution in [2.75, 3.05) is 13.1 Å². The van der Waals surface area contributed by atoms with Gasteiger partial charge in [-0.3, -0.25) is 4.79 Å². The largest absolute Gasteiger partial charge is 0.361 e. The summed E-state index contributed by atoms with van der Waals surface area (Å²) in [4.78, 5) is 18.4. The van der Waals surface area contributed by atoms with E-state index in [2.05, 4.69) is 16.6 Å². The number of amides is 1. The predicted octanol–water partition coefficient (Wildman–Crippen LogP) is 4.36. The van der Waals surface area contributed by atoms with Crippen LogP contribution in [0.4, 0.5) is 0 Å². The van der Waals surface area contributed by atoms with Crippen molar-refractivity contribution in [1.82, 2.24) is 14.6 Å². The summed E-state index contributed by atoms with van der Waals surface area (Å²) in [6.45, 7) is 3.48. The van der Waals surface area contributed by atoms with Crippen LogP contribution in [0, 0.1) is 5.92 Å². The zero-order valence-electron chi connectivity index (χ0n) is 18.1. The van der Waals surface area contributed by atoms with E-state index in [1.807, 2.05) is 24.3 Å². The summed E-state index contributed by atoms with van der Waals surface area (Å²) in [5.41, 5.74) is 1.63. The van der Waals surface area contributed by atoms with Crippen molar-refractivity contribution in [3.63, 3.8) is 0 Å². The number of H-pyrrole nitrogens is 1. The Bertz CT molecular complexity index is 1200. The third kappa shape index (κ3) is 5.00. The Morgan fingerprint density at radius 1 is 1.16 bits per heavy atom. The second kappa shape index (κ2) is 9.65. The number of aryl methyl sites for hydroxylation is 1. The molecule has 4 rings (SSSR count). The molecule has 1 fully saturated rings. The van der Waals surface area contributed by atoms with Gasteiger partial charge in [-0.25, -0.2) is 8.42 Å². The summed E-state index contributed by atoms with van der Waals surface area (Å²) in [5, 5.41) is 1.22. The third-order valence-electron chi connectivity index (χ3n) is 6.20. The molecule has 32 heavy (non-hydrogen) atoms. The first kappa shape index (κ1) is 22.8. The van der Waals surface area contributed by atoms with Gasteiger partial charge in [-0.15, -0.1) is 0 Å². The molecular formula is C24H28ClN3O3S. The van der Waals surface area contributed by atoms with E-state index >= 15 is 0 Å². The van der Waals surface area contributed by atoms with Crippen LogP contribution in [0.3, 0.4) is 0 Å². The predicted molar refractivity (Wildman–Crippen MR) is 127 cm³/mol. The fourth-order valence-corrected chi connectivity index (χ4v) is 5.90. The number of nitrogens with zero attached hydrogens (tertiary/aromatic N) is 1. The SMILES string of the molecule is CC1CCN(C(=O)C(CCc2ccccc2Cl)NS(=O)(=O)c2cccc3[nH]ccc23)CC1. The number of likely N-dealkylation sites (tertiary alicyclic amines) is 1. The fraction of sp³-hybridized carbons (Fsp3) is 0.375. The van der Waals surface area contributed by atoms with E-state index < -0.39 is 16.1 Å². The Labute approximate surface area is 194 Å². The van der Waals surface area contributed by atoms with Crippen molar-refractivity contribution in [3.05, 3.63) is 65.3 Å². The Morgan fingerprint density at radius 3 is 2.66 bits per heavy atom. The van der Waals surface area contributed by atoms with E-state index in [4.69, 9.17) is 11.6 Å². The normalized spacial score (nSPS) is 16.4. The highest BCUT2D eigenvalue weighted by molar-refractivity contribution is 7.89. The number of sulfonamides is 1. The number of nitrogens with one attached hydrogen (secondary N) is 2. The molecule has 0 radical (unpaired) electrons. The maximum atomic E-state index is 13.4. The van der Waals surface area contributed by atoms with Crippen LogP contribution < -0.4 is 4.72 Å². The van der Waals surface area contributed by atoms with E-state index in [0.717, 1.165) is 23.9 Å². The van der Waals surface area contributed by atoms with Gasteiger partial charge in [-0.2, -0.15) is 4.72 Å². The van der Waals surface area contributed by atoms with Crippen molar-refractivity contribution in [2.24, 2.45) is 5.92 Å². The van der Waals surface area contributed by atoms with Crippen molar-refractivity contribution in [2.45, 2.75) is 43.5 Å². The summed E-state index contributed by atoms with van der Waals surface area (Å²) in [6.07, 6.45) is 4.39. The summed E-state index contributed by atoms with van der Waals surface area (Å²) in [5.74, 6) is 0.400. The smallest absolute Gasteiger partial charge is 0.241 e. The van der Waals surface area contributed by atoms with E-state index in [9.17, 15) is 13.2 Å². The Kier molecular flexibility index (Phi) is 6.88. The molecule has 1 aliphatic heterocycles. The molecule has 0 aliphatic carbocycles. The highest BCUT2D eigenvalue weighted by Gasteiger charge is 2.31. The first-order valence-electron chi connectivity index (χ1n) is 11.0. The number of fused-ring (bicyclic) bond motifs is 1. The highest BCUT2D eigenvalue weighted by atomic mass is 35.5. The molecule has 1 atom stereocenters. The number of hydrogen-bond acceptors (Lipinski definition) is 3. The number of halogens is 1. The number of aromatic nitrogens is 1. The average molecular weight is 474 g/mol. The van der Waals surface area contributed by atoms with Crippen molar-refractivity contribution >= 4 is 38.4 Å². The first-order valence-corrected chi connectivity index (χ1v) is 12.8. The Hall–Kier alpha value is -2.35. The summed E-state index contributed by atoms with van der Waals surface area (Å²) >= 11 is 6.30. The van der Waals surface area contributed by atoms with Crippen molar-refractivity contribution in [1.29, 1.82) is 0 Å². The second-order valence-electron chi connectivity index (χ2n) is 8.51. The molecule has 0 bridgehead atoms. The summed E-state index contributed by atoms with van der Waals surface area (Å²) in [6, 6.07) is 13.4. The molecule has 1 saturated heterocycles. The molecule has 0 spiro atoms. The third-order valence-corrected chi connectivity index (χ3v) is 8.09. The van der Waals surface area contributed by atoms with E-state index in [0.29, 0.717) is 42.3 Å². The minimum Gasteiger partial charge on any atom is -0.361 e. The maximum absolute atomic E-state index is 13.4. The maximum Gasteiger partial charge on any atom is 0.241 e. The minimum absolute atomic E-state index is 0.166. The Morgan fingerprint density at radius 2 is 1.91 bits per heavy atom. The molecular weight excluding hydrogens is 446 g/mol. The number of piperidine rings is 1. The van der Waals surface area contributed by atoms with E-state index in [1.165, 1.54) is 0 Å². The van der Waals surface area contributed by atoms with Crippen LogP contribution in [0.25, 0.3) is 10.9 Å². The lowest BCUT2D eigenvalue weighted by Gasteiger charge is -2.33. The van der Waals surface area contributed by atoms with Gasteiger partial charge < -0.3 is 9.88 Å². The van der Waals surface area contributed by atoms with Gasteiger partial charge in [0.15, 0.2) is 0 Å². The number of benzene rings is 2. The minimum atomic E-state index is -3.92. The second-order valence-corrected chi connectivity index (χ2v) is 10.6. The molecule has 0 saturated carbocycles. The molecule has 8 heteroatoms. The number of rotatable bonds is 7. The summed E-state index contributed by atoms with van der Waals surface area (Å²) < 4.78 is 29.4. The van der Waals surface area contributed by atoms with Crippen LogP contribution in [0.2, 0.25) is 5.02 Å². The van der Waals surface area contributed by atoms with Gasteiger partial charge in [0.2, 0.25) is 15.9 Å². The summed E-state index contributed by atoms with van der Waals surface area (Å²) in [7, 11) is -3.92. The van der Waals surface area contributed by atoms with Crippen LogP contribution in [0.1, 0.15) is 31.7 Å². The fourth-order valence-electron chi connectivity index (χ4n) is 4.22. The highest BCUT2D eigenvalue weighted by Crippen LogP contribution is 2.24. The quantitative estimate of drug-likeness (QED) is 0.534.